The molecule has 27 heavy (non-hydrogen) atoms. The molecule has 1 fully saturated rings. The molecule has 0 radical (unpaired) electrons. The summed E-state index contributed by atoms with van der Waals surface area (Å²) in [6.07, 6.45) is 5.15. The molecule has 1 amide bonds. The summed E-state index contributed by atoms with van der Waals surface area (Å²) in [5.74, 6) is 0.0419. The van der Waals surface area contributed by atoms with Crippen molar-refractivity contribution in [2.24, 2.45) is 0 Å². The maximum Gasteiger partial charge on any atom is 0.254 e. The van der Waals surface area contributed by atoms with Crippen LogP contribution < -0.4 is 0 Å². The second-order valence-corrected chi connectivity index (χ2v) is 7.76. The van der Waals surface area contributed by atoms with E-state index in [4.69, 9.17) is 0 Å². The second-order valence-electron chi connectivity index (χ2n) is 6.53. The van der Waals surface area contributed by atoms with Crippen molar-refractivity contribution in [3.63, 3.8) is 0 Å². The first-order valence-corrected chi connectivity index (χ1v) is 9.38. The lowest BCUT2D eigenvalue weighted by Crippen LogP contribution is -2.50. The number of thiazole rings is 1. The molecule has 136 valence electrons. The first kappa shape index (κ1) is 16.1. The molecule has 0 atom stereocenters. The fourth-order valence-corrected chi connectivity index (χ4v) is 4.04. The zero-order valence-corrected chi connectivity index (χ0v) is 15.4. The van der Waals surface area contributed by atoms with Gasteiger partial charge in [0.15, 0.2) is 0 Å². The van der Waals surface area contributed by atoms with Gasteiger partial charge in [0.25, 0.3) is 5.91 Å². The smallest absolute Gasteiger partial charge is 0.254 e. The van der Waals surface area contributed by atoms with Gasteiger partial charge in [0.05, 0.1) is 39.9 Å². The van der Waals surface area contributed by atoms with Crippen LogP contribution >= 0.6 is 11.3 Å². The van der Waals surface area contributed by atoms with Gasteiger partial charge in [-0.25, -0.2) is 9.67 Å². The van der Waals surface area contributed by atoms with Gasteiger partial charge in [0.2, 0.25) is 0 Å². The highest BCUT2D eigenvalue weighted by molar-refractivity contribution is 7.18. The van der Waals surface area contributed by atoms with Crippen molar-refractivity contribution < 1.29 is 4.79 Å². The normalized spacial score (nSPS) is 14.6. The van der Waals surface area contributed by atoms with Gasteiger partial charge in [-0.2, -0.15) is 15.0 Å². The Morgan fingerprint density at radius 3 is 2.89 bits per heavy atom. The van der Waals surface area contributed by atoms with E-state index in [1.54, 1.807) is 28.5 Å². The highest BCUT2D eigenvalue weighted by atomic mass is 32.1. The molecule has 4 aromatic rings. The molecule has 0 N–H and O–H groups in total. The molecule has 5 rings (SSSR count). The SMILES string of the molecule is Cc1nc2ccc(C(=O)N3CC(n4cc(Cn5nccn5)nn4)C3)cc2s1. The summed E-state index contributed by atoms with van der Waals surface area (Å²) in [5.41, 5.74) is 2.44. The summed E-state index contributed by atoms with van der Waals surface area (Å²) >= 11 is 1.61. The minimum Gasteiger partial charge on any atom is -0.334 e. The Hall–Kier alpha value is -3.14. The van der Waals surface area contributed by atoms with E-state index in [0.29, 0.717) is 25.2 Å². The number of carbonyl (C=O) groups excluding carboxylic acids is 1. The molecule has 10 heteroatoms. The number of aromatic nitrogens is 7. The van der Waals surface area contributed by atoms with Crippen molar-refractivity contribution >= 4 is 27.5 Å². The molecule has 1 aliphatic heterocycles. The molecular weight excluding hydrogens is 364 g/mol. The Morgan fingerprint density at radius 2 is 2.07 bits per heavy atom. The van der Waals surface area contributed by atoms with Gasteiger partial charge < -0.3 is 4.90 Å². The number of hydrogen-bond donors (Lipinski definition) is 0. The van der Waals surface area contributed by atoms with E-state index in [1.807, 2.05) is 40.9 Å². The Balaban J connectivity index is 1.24. The first-order chi connectivity index (χ1) is 13.2. The number of benzene rings is 1. The van der Waals surface area contributed by atoms with Crippen LogP contribution in [0.3, 0.4) is 0 Å². The lowest BCUT2D eigenvalue weighted by atomic mass is 10.1. The Labute approximate surface area is 158 Å². The van der Waals surface area contributed by atoms with Crippen molar-refractivity contribution in [2.45, 2.75) is 19.5 Å². The third-order valence-electron chi connectivity index (χ3n) is 4.59. The molecule has 3 aromatic heterocycles. The van der Waals surface area contributed by atoms with E-state index in [9.17, 15) is 4.79 Å². The fourth-order valence-electron chi connectivity index (χ4n) is 3.18. The molecule has 0 saturated carbocycles. The van der Waals surface area contributed by atoms with Crippen LogP contribution in [-0.4, -0.2) is 58.9 Å². The van der Waals surface area contributed by atoms with Crippen LogP contribution in [0.4, 0.5) is 0 Å². The summed E-state index contributed by atoms with van der Waals surface area (Å²) in [4.78, 5) is 20.5. The van der Waals surface area contributed by atoms with Crippen LogP contribution in [0.15, 0.2) is 36.8 Å². The van der Waals surface area contributed by atoms with Crippen LogP contribution in [0.2, 0.25) is 0 Å². The third kappa shape index (κ3) is 2.97. The van der Waals surface area contributed by atoms with Gasteiger partial charge in [-0.15, -0.1) is 16.4 Å². The second kappa shape index (κ2) is 6.23. The summed E-state index contributed by atoms with van der Waals surface area (Å²) in [5, 5.41) is 17.5. The highest BCUT2D eigenvalue weighted by Crippen LogP contribution is 2.26. The Bertz CT molecular complexity index is 1110. The molecular formula is C17H16N8OS. The highest BCUT2D eigenvalue weighted by Gasteiger charge is 2.33. The molecule has 1 aliphatic rings. The van der Waals surface area contributed by atoms with Gasteiger partial charge in [0, 0.05) is 18.7 Å². The third-order valence-corrected chi connectivity index (χ3v) is 5.53. The van der Waals surface area contributed by atoms with E-state index in [-0.39, 0.29) is 11.9 Å². The maximum absolute atomic E-state index is 12.7. The monoisotopic (exact) mass is 380 g/mol. The lowest BCUT2D eigenvalue weighted by molar-refractivity contribution is 0.0498. The largest absolute Gasteiger partial charge is 0.334 e. The van der Waals surface area contributed by atoms with E-state index in [1.165, 1.54) is 0 Å². The van der Waals surface area contributed by atoms with E-state index in [2.05, 4.69) is 25.5 Å². The fraction of sp³-hybridized carbons (Fsp3) is 0.294. The standard InChI is InChI=1S/C17H16N8OS/c1-11-20-15-3-2-12(6-16(15)27-11)17(26)23-9-14(10-23)24-7-13(21-22-24)8-25-18-4-5-19-25/h2-7,14H,8-10H2,1H3. The molecule has 0 unspecified atom stereocenters. The van der Waals surface area contributed by atoms with E-state index in [0.717, 1.165) is 20.9 Å². The quantitative estimate of drug-likeness (QED) is 0.533. The summed E-state index contributed by atoms with van der Waals surface area (Å²) in [6, 6.07) is 5.84. The molecule has 0 spiro atoms. The zero-order chi connectivity index (χ0) is 18.4. The van der Waals surface area contributed by atoms with Gasteiger partial charge in [-0.3, -0.25) is 4.79 Å². The molecule has 9 nitrogen and oxygen atoms in total. The van der Waals surface area contributed by atoms with Crippen molar-refractivity contribution in [3.05, 3.63) is 53.1 Å². The lowest BCUT2D eigenvalue weighted by Gasteiger charge is -2.38. The molecule has 1 aromatic carbocycles. The molecule has 1 saturated heterocycles. The van der Waals surface area contributed by atoms with Gasteiger partial charge in [-0.05, 0) is 25.1 Å². The minimum absolute atomic E-state index is 0.0419. The number of aryl methyl sites for hydroxylation is 1. The van der Waals surface area contributed by atoms with Crippen LogP contribution in [0.5, 0.6) is 0 Å². The molecule has 0 aliphatic carbocycles. The van der Waals surface area contributed by atoms with Crippen LogP contribution in [0.25, 0.3) is 10.2 Å². The number of nitrogens with zero attached hydrogens (tertiary/aromatic N) is 8. The maximum atomic E-state index is 12.7. The minimum atomic E-state index is 0.0419. The average Bonchev–Trinajstić information content (AvgIpc) is 3.34. The van der Waals surface area contributed by atoms with Gasteiger partial charge in [-0.1, -0.05) is 5.21 Å². The number of rotatable bonds is 4. The zero-order valence-electron chi connectivity index (χ0n) is 14.6. The number of hydrogen-bond acceptors (Lipinski definition) is 7. The number of carbonyl (C=O) groups is 1. The van der Waals surface area contributed by atoms with Crippen LogP contribution in [0.1, 0.15) is 27.1 Å². The Morgan fingerprint density at radius 1 is 1.26 bits per heavy atom. The number of amides is 1. The Kier molecular flexibility index (Phi) is 3.71. The molecule has 4 heterocycles. The number of likely N-dealkylation sites (tertiary alicyclic amines) is 1. The van der Waals surface area contributed by atoms with Crippen LogP contribution in [-0.2, 0) is 6.54 Å². The predicted molar refractivity (Wildman–Crippen MR) is 98.4 cm³/mol. The summed E-state index contributed by atoms with van der Waals surface area (Å²) < 4.78 is 2.86. The first-order valence-electron chi connectivity index (χ1n) is 8.57. The van der Waals surface area contributed by atoms with Crippen molar-refractivity contribution in [3.8, 4) is 0 Å². The van der Waals surface area contributed by atoms with Crippen molar-refractivity contribution in [2.75, 3.05) is 13.1 Å². The molecule has 0 bridgehead atoms. The van der Waals surface area contributed by atoms with Gasteiger partial charge in [0.1, 0.15) is 12.2 Å². The predicted octanol–water partition coefficient (Wildman–Crippen LogP) is 1.53. The number of fused-ring (bicyclic) bond motifs is 1. The summed E-state index contributed by atoms with van der Waals surface area (Å²) in [7, 11) is 0. The van der Waals surface area contributed by atoms with Crippen molar-refractivity contribution in [1.82, 2.24) is 39.9 Å². The summed E-state index contributed by atoms with van der Waals surface area (Å²) in [6.45, 7) is 3.71. The van der Waals surface area contributed by atoms with Gasteiger partial charge >= 0.3 is 0 Å². The average molecular weight is 380 g/mol. The topological polar surface area (TPSA) is 94.6 Å². The van der Waals surface area contributed by atoms with E-state index < -0.39 is 0 Å². The van der Waals surface area contributed by atoms with E-state index >= 15 is 0 Å². The van der Waals surface area contributed by atoms with Crippen molar-refractivity contribution in [1.29, 1.82) is 0 Å². The van der Waals surface area contributed by atoms with Crippen LogP contribution in [0, 0.1) is 6.92 Å².